The highest BCUT2D eigenvalue weighted by atomic mass is 35.5. The summed E-state index contributed by atoms with van der Waals surface area (Å²) in [6.07, 6.45) is -0.636. The minimum absolute atomic E-state index is 0.0904. The smallest absolute Gasteiger partial charge is 0.278 e. The molecule has 0 radical (unpaired) electrons. The third-order valence-corrected chi connectivity index (χ3v) is 5.27. The number of hydrazone groups is 1. The topological polar surface area (TPSA) is 64.9 Å². The van der Waals surface area contributed by atoms with Crippen molar-refractivity contribution < 1.29 is 9.90 Å². The number of aromatic hydroxyl groups is 1. The fraction of sp³-hybridized carbons (Fsp3) is 0.0909. The van der Waals surface area contributed by atoms with E-state index in [0.29, 0.717) is 38.1 Å². The molecule has 1 aliphatic heterocycles. The van der Waals surface area contributed by atoms with Crippen molar-refractivity contribution in [3.63, 3.8) is 0 Å². The van der Waals surface area contributed by atoms with E-state index >= 15 is 0 Å². The molecule has 1 aliphatic rings. The first-order valence-electron chi connectivity index (χ1n) is 8.93. The van der Waals surface area contributed by atoms with Crippen LogP contribution < -0.4 is 5.32 Å². The van der Waals surface area contributed by atoms with Gasteiger partial charge < -0.3 is 10.4 Å². The molecule has 0 fully saturated rings. The van der Waals surface area contributed by atoms with Crippen molar-refractivity contribution in [3.8, 4) is 5.75 Å². The number of anilines is 1. The van der Waals surface area contributed by atoms with Crippen LogP contribution in [0.4, 0.5) is 5.69 Å². The van der Waals surface area contributed by atoms with Crippen molar-refractivity contribution in [2.24, 2.45) is 5.10 Å². The van der Waals surface area contributed by atoms with Crippen LogP contribution >= 0.6 is 23.2 Å². The van der Waals surface area contributed by atoms with Crippen LogP contribution in [0.1, 0.15) is 34.6 Å². The molecular formula is C22H17Cl2N3O2. The standard InChI is InChI=1S/C22H17Cl2N3O2/c1-13(15-6-3-5-9-20(15)28)26-27-21(16-11-10-14(23)12-18(16)24)25-19-8-4-2-7-17(19)22(27)29/h2-12,21,25,28H,1H3/b26-13-/t21-/m1/s1. The predicted molar refractivity (Wildman–Crippen MR) is 116 cm³/mol. The summed E-state index contributed by atoms with van der Waals surface area (Å²) >= 11 is 12.5. The minimum atomic E-state index is -0.636. The number of benzene rings is 3. The first-order valence-corrected chi connectivity index (χ1v) is 9.69. The number of carbonyl (C=O) groups is 1. The van der Waals surface area contributed by atoms with Gasteiger partial charge >= 0.3 is 0 Å². The van der Waals surface area contributed by atoms with E-state index in [2.05, 4.69) is 10.4 Å². The number of halogens is 2. The minimum Gasteiger partial charge on any atom is -0.507 e. The summed E-state index contributed by atoms with van der Waals surface area (Å²) in [5.74, 6) is -0.183. The van der Waals surface area contributed by atoms with Crippen LogP contribution in [0.3, 0.4) is 0 Å². The highest BCUT2D eigenvalue weighted by Crippen LogP contribution is 2.37. The van der Waals surface area contributed by atoms with Crippen LogP contribution in [0.5, 0.6) is 5.75 Å². The van der Waals surface area contributed by atoms with Crippen LogP contribution in [0.15, 0.2) is 71.8 Å². The zero-order chi connectivity index (χ0) is 20.5. The first-order chi connectivity index (χ1) is 14.0. The first kappa shape index (κ1) is 19.3. The van der Waals surface area contributed by atoms with Crippen LogP contribution in [-0.4, -0.2) is 21.7 Å². The Hall–Kier alpha value is -3.02. The van der Waals surface area contributed by atoms with Gasteiger partial charge in [-0.25, -0.2) is 5.01 Å². The van der Waals surface area contributed by atoms with E-state index in [9.17, 15) is 9.90 Å². The number of phenols is 1. The van der Waals surface area contributed by atoms with Gasteiger partial charge in [-0.1, -0.05) is 53.5 Å². The van der Waals surface area contributed by atoms with Crippen LogP contribution in [0, 0.1) is 0 Å². The molecular weight excluding hydrogens is 409 g/mol. The highest BCUT2D eigenvalue weighted by Gasteiger charge is 2.34. The molecule has 0 bridgehead atoms. The van der Waals surface area contributed by atoms with Gasteiger partial charge in [0.05, 0.1) is 11.3 Å². The summed E-state index contributed by atoms with van der Waals surface area (Å²) in [4.78, 5) is 13.3. The predicted octanol–water partition coefficient (Wildman–Crippen LogP) is 5.69. The Labute approximate surface area is 178 Å². The van der Waals surface area contributed by atoms with E-state index in [-0.39, 0.29) is 11.7 Å². The molecule has 0 aliphatic carbocycles. The Bertz CT molecular complexity index is 1130. The number of nitrogens with one attached hydrogen (secondary N) is 1. The average molecular weight is 426 g/mol. The normalized spacial score (nSPS) is 16.4. The molecule has 2 N–H and O–H groups in total. The Kier molecular flexibility index (Phi) is 5.18. The molecule has 1 atom stereocenters. The van der Waals surface area contributed by atoms with Gasteiger partial charge in [0.1, 0.15) is 5.75 Å². The van der Waals surface area contributed by atoms with Crippen molar-refractivity contribution >= 4 is 40.5 Å². The van der Waals surface area contributed by atoms with Crippen molar-refractivity contribution in [1.82, 2.24) is 5.01 Å². The van der Waals surface area contributed by atoms with Gasteiger partial charge in [-0.3, -0.25) is 4.79 Å². The lowest BCUT2D eigenvalue weighted by Crippen LogP contribution is -2.40. The molecule has 4 rings (SSSR count). The molecule has 146 valence electrons. The van der Waals surface area contributed by atoms with Crippen molar-refractivity contribution in [2.45, 2.75) is 13.1 Å². The SMILES string of the molecule is C/C(=N/N1C(=O)c2ccccc2N[C@H]1c1ccc(Cl)cc1Cl)c1ccccc1O. The van der Waals surface area contributed by atoms with Crippen LogP contribution in [0.25, 0.3) is 0 Å². The summed E-state index contributed by atoms with van der Waals surface area (Å²) in [7, 11) is 0. The second-order valence-electron chi connectivity index (χ2n) is 6.61. The van der Waals surface area contributed by atoms with Crippen molar-refractivity contribution in [1.29, 1.82) is 0 Å². The molecule has 5 nitrogen and oxygen atoms in total. The molecule has 7 heteroatoms. The summed E-state index contributed by atoms with van der Waals surface area (Å²) in [6.45, 7) is 1.74. The second kappa shape index (κ2) is 7.78. The fourth-order valence-electron chi connectivity index (χ4n) is 3.28. The highest BCUT2D eigenvalue weighted by molar-refractivity contribution is 6.35. The van der Waals surface area contributed by atoms with Gasteiger partial charge in [-0.15, -0.1) is 0 Å². The molecule has 3 aromatic carbocycles. The van der Waals surface area contributed by atoms with E-state index in [1.165, 1.54) is 5.01 Å². The molecule has 0 unspecified atom stereocenters. The van der Waals surface area contributed by atoms with Gasteiger partial charge in [0.25, 0.3) is 5.91 Å². The molecule has 0 aromatic heterocycles. The number of carbonyl (C=O) groups excluding carboxylic acids is 1. The number of phenolic OH excluding ortho intramolecular Hbond substituents is 1. The largest absolute Gasteiger partial charge is 0.507 e. The van der Waals surface area contributed by atoms with Gasteiger partial charge in [0, 0.05) is 26.9 Å². The van der Waals surface area contributed by atoms with E-state index in [1.807, 2.05) is 12.1 Å². The Morgan fingerprint density at radius 3 is 2.55 bits per heavy atom. The molecule has 0 saturated carbocycles. The average Bonchev–Trinajstić information content (AvgIpc) is 2.70. The fourth-order valence-corrected chi connectivity index (χ4v) is 3.79. The maximum atomic E-state index is 13.3. The summed E-state index contributed by atoms with van der Waals surface area (Å²) < 4.78 is 0. The molecule has 1 amide bonds. The van der Waals surface area contributed by atoms with Gasteiger partial charge in [-0.05, 0) is 43.3 Å². The zero-order valence-corrected chi connectivity index (χ0v) is 16.9. The van der Waals surface area contributed by atoms with Gasteiger partial charge in [-0.2, -0.15) is 5.10 Å². The van der Waals surface area contributed by atoms with Crippen molar-refractivity contribution in [2.75, 3.05) is 5.32 Å². The maximum Gasteiger partial charge on any atom is 0.278 e. The van der Waals surface area contributed by atoms with Gasteiger partial charge in [0.2, 0.25) is 0 Å². The molecule has 0 saturated heterocycles. The van der Waals surface area contributed by atoms with Gasteiger partial charge in [0.15, 0.2) is 6.17 Å². The molecule has 3 aromatic rings. The van der Waals surface area contributed by atoms with E-state index in [0.717, 1.165) is 0 Å². The molecule has 1 heterocycles. The van der Waals surface area contributed by atoms with Crippen LogP contribution in [0.2, 0.25) is 10.0 Å². The summed E-state index contributed by atoms with van der Waals surface area (Å²) in [5.41, 5.74) is 2.89. The maximum absolute atomic E-state index is 13.3. The number of para-hydroxylation sites is 2. The number of amides is 1. The van der Waals surface area contributed by atoms with E-state index in [1.54, 1.807) is 61.5 Å². The summed E-state index contributed by atoms with van der Waals surface area (Å²) in [6, 6.07) is 19.2. The number of hydrogen-bond acceptors (Lipinski definition) is 4. The lowest BCUT2D eigenvalue weighted by molar-refractivity contribution is 0.0690. The second-order valence-corrected chi connectivity index (χ2v) is 7.45. The molecule has 29 heavy (non-hydrogen) atoms. The third-order valence-electron chi connectivity index (χ3n) is 4.71. The van der Waals surface area contributed by atoms with E-state index in [4.69, 9.17) is 23.2 Å². The number of rotatable bonds is 3. The summed E-state index contributed by atoms with van der Waals surface area (Å²) in [5, 5.41) is 20.3. The number of nitrogens with zero attached hydrogens (tertiary/aromatic N) is 2. The third kappa shape index (κ3) is 3.67. The number of fused-ring (bicyclic) bond motifs is 1. The molecule has 0 spiro atoms. The van der Waals surface area contributed by atoms with E-state index < -0.39 is 6.17 Å². The Balaban J connectivity index is 1.84. The van der Waals surface area contributed by atoms with Crippen LogP contribution in [-0.2, 0) is 0 Å². The van der Waals surface area contributed by atoms with Crippen molar-refractivity contribution in [3.05, 3.63) is 93.5 Å². The Morgan fingerprint density at radius 2 is 1.79 bits per heavy atom. The lowest BCUT2D eigenvalue weighted by atomic mass is 10.0. The zero-order valence-electron chi connectivity index (χ0n) is 15.4. The number of hydrogen-bond donors (Lipinski definition) is 2. The monoisotopic (exact) mass is 425 g/mol. The Morgan fingerprint density at radius 1 is 1.07 bits per heavy atom. The lowest BCUT2D eigenvalue weighted by Gasteiger charge is -2.35. The quantitative estimate of drug-likeness (QED) is 0.529.